The van der Waals surface area contributed by atoms with Gasteiger partial charge in [0.25, 0.3) is 6.43 Å². The number of rotatable bonds is 4. The van der Waals surface area contributed by atoms with Gasteiger partial charge in [-0.25, -0.2) is 8.78 Å². The predicted molar refractivity (Wildman–Crippen MR) is 34.4 cm³/mol. The summed E-state index contributed by atoms with van der Waals surface area (Å²) < 4.78 is 27.0. The Kier molecular flexibility index (Phi) is 5.42. The van der Waals surface area contributed by atoms with Crippen LogP contribution in [-0.2, 0) is 4.74 Å². The third-order valence-electron chi connectivity index (χ3n) is 0.619. The van der Waals surface area contributed by atoms with Gasteiger partial charge in [0.05, 0.1) is 6.26 Å². The Hall–Kier alpha value is -1.06. The average Bonchev–Trinajstić information content (AvgIpc) is 1.87. The van der Waals surface area contributed by atoms with Gasteiger partial charge in [0.15, 0.2) is 0 Å². The smallest absolute Gasteiger partial charge is 0.272 e. The van der Waals surface area contributed by atoms with Crippen molar-refractivity contribution in [2.45, 2.75) is 6.43 Å². The van der Waals surface area contributed by atoms with Gasteiger partial charge in [-0.05, 0) is 18.4 Å². The maximum absolute atomic E-state index is 11.3. The van der Waals surface area contributed by atoms with Crippen LogP contribution >= 0.6 is 0 Å². The van der Waals surface area contributed by atoms with Crippen LogP contribution < -0.4 is 5.73 Å². The van der Waals surface area contributed by atoms with E-state index in [1.165, 1.54) is 18.4 Å². The van der Waals surface area contributed by atoms with Gasteiger partial charge in [-0.2, -0.15) is 0 Å². The van der Waals surface area contributed by atoms with Crippen molar-refractivity contribution in [1.82, 2.24) is 0 Å². The van der Waals surface area contributed by atoms with Gasteiger partial charge in [0.1, 0.15) is 6.61 Å². The second-order valence-corrected chi connectivity index (χ2v) is 1.44. The number of ether oxygens (including phenoxy) is 1. The van der Waals surface area contributed by atoms with E-state index in [2.05, 4.69) is 4.74 Å². The molecular weight excluding hydrogens is 140 g/mol. The van der Waals surface area contributed by atoms with E-state index in [0.29, 0.717) is 0 Å². The van der Waals surface area contributed by atoms with Crippen LogP contribution in [0, 0.1) is 0 Å². The van der Waals surface area contributed by atoms with Gasteiger partial charge in [-0.15, -0.1) is 0 Å². The summed E-state index contributed by atoms with van der Waals surface area (Å²) in [5, 5.41) is 0. The molecule has 0 saturated heterocycles. The van der Waals surface area contributed by atoms with Crippen molar-refractivity contribution < 1.29 is 13.5 Å². The minimum atomic E-state index is -2.42. The molecule has 4 heteroatoms. The van der Waals surface area contributed by atoms with E-state index in [0.717, 1.165) is 6.26 Å². The third-order valence-corrected chi connectivity index (χ3v) is 0.619. The maximum Gasteiger partial charge on any atom is 0.272 e. The molecule has 0 aromatic rings. The standard InChI is InChI=1S/C6H9F2NO/c7-6(8)5-10-4-2-1-3-9/h1-4,6H,5,9H2/b3-1+,4-2+. The summed E-state index contributed by atoms with van der Waals surface area (Å²) in [4.78, 5) is 0. The molecule has 0 heterocycles. The van der Waals surface area contributed by atoms with Crippen LogP contribution in [0.25, 0.3) is 0 Å². The molecule has 10 heavy (non-hydrogen) atoms. The highest BCUT2D eigenvalue weighted by Gasteiger charge is 1.98. The van der Waals surface area contributed by atoms with Crippen molar-refractivity contribution in [2.24, 2.45) is 5.73 Å². The molecule has 0 spiro atoms. The molecule has 0 aliphatic heterocycles. The maximum atomic E-state index is 11.3. The lowest BCUT2D eigenvalue weighted by Gasteiger charge is -1.95. The molecule has 0 aliphatic carbocycles. The van der Waals surface area contributed by atoms with E-state index in [9.17, 15) is 8.78 Å². The summed E-state index contributed by atoms with van der Waals surface area (Å²) in [5.41, 5.74) is 4.94. The number of nitrogens with two attached hydrogens (primary N) is 1. The van der Waals surface area contributed by atoms with Crippen molar-refractivity contribution in [2.75, 3.05) is 6.61 Å². The molecule has 0 rings (SSSR count). The molecule has 0 unspecified atom stereocenters. The summed E-state index contributed by atoms with van der Waals surface area (Å²) in [5.74, 6) is 0. The van der Waals surface area contributed by atoms with Crippen LogP contribution in [0.1, 0.15) is 0 Å². The topological polar surface area (TPSA) is 35.2 Å². The van der Waals surface area contributed by atoms with E-state index in [1.807, 2.05) is 0 Å². The number of hydrogen-bond donors (Lipinski definition) is 1. The van der Waals surface area contributed by atoms with Crippen molar-refractivity contribution >= 4 is 0 Å². The zero-order chi connectivity index (χ0) is 7.82. The first kappa shape index (κ1) is 8.94. The number of allylic oxidation sites excluding steroid dienone is 2. The van der Waals surface area contributed by atoms with Crippen LogP contribution in [0.15, 0.2) is 24.6 Å². The minimum absolute atomic E-state index is 0.574. The van der Waals surface area contributed by atoms with Gasteiger partial charge >= 0.3 is 0 Å². The fourth-order valence-corrected chi connectivity index (χ4v) is 0.293. The van der Waals surface area contributed by atoms with Crippen LogP contribution in [0.5, 0.6) is 0 Å². The molecule has 0 fully saturated rings. The molecule has 0 aromatic carbocycles. The van der Waals surface area contributed by atoms with Crippen LogP contribution in [0.2, 0.25) is 0 Å². The molecule has 2 nitrogen and oxygen atoms in total. The summed E-state index contributed by atoms with van der Waals surface area (Å²) >= 11 is 0. The largest absolute Gasteiger partial charge is 0.495 e. The normalized spacial score (nSPS) is 11.9. The lowest BCUT2D eigenvalue weighted by Crippen LogP contribution is -1.99. The molecule has 0 radical (unpaired) electrons. The van der Waals surface area contributed by atoms with E-state index < -0.39 is 13.0 Å². The second-order valence-electron chi connectivity index (χ2n) is 1.44. The Balaban J connectivity index is 3.18. The summed E-state index contributed by atoms with van der Waals surface area (Å²) in [6, 6.07) is 0. The minimum Gasteiger partial charge on any atom is -0.495 e. The molecule has 0 saturated carbocycles. The Labute approximate surface area is 58.0 Å². The van der Waals surface area contributed by atoms with Crippen molar-refractivity contribution in [1.29, 1.82) is 0 Å². The van der Waals surface area contributed by atoms with E-state index in [4.69, 9.17) is 5.73 Å². The predicted octanol–water partition coefficient (Wildman–Crippen LogP) is 1.25. The van der Waals surface area contributed by atoms with E-state index in [1.54, 1.807) is 0 Å². The fraction of sp³-hybridized carbons (Fsp3) is 0.333. The van der Waals surface area contributed by atoms with E-state index in [-0.39, 0.29) is 0 Å². The molecule has 2 N–H and O–H groups in total. The Bertz CT molecular complexity index is 123. The monoisotopic (exact) mass is 149 g/mol. The first-order chi connectivity index (χ1) is 4.77. The zero-order valence-corrected chi connectivity index (χ0v) is 5.34. The summed E-state index contributed by atoms with van der Waals surface area (Å²) in [6.07, 6.45) is 2.93. The molecule has 0 aromatic heterocycles. The highest BCUT2D eigenvalue weighted by atomic mass is 19.3. The molecule has 0 aliphatic rings. The third kappa shape index (κ3) is 6.94. The number of alkyl halides is 2. The first-order valence-electron chi connectivity index (χ1n) is 2.70. The lowest BCUT2D eigenvalue weighted by atomic mass is 10.6. The van der Waals surface area contributed by atoms with Crippen LogP contribution in [-0.4, -0.2) is 13.0 Å². The zero-order valence-electron chi connectivity index (χ0n) is 5.34. The van der Waals surface area contributed by atoms with Gasteiger partial charge in [-0.1, -0.05) is 0 Å². The van der Waals surface area contributed by atoms with Crippen molar-refractivity contribution in [3.05, 3.63) is 24.6 Å². The number of hydrogen-bond acceptors (Lipinski definition) is 2. The molecule has 0 bridgehead atoms. The van der Waals surface area contributed by atoms with Gasteiger partial charge in [0, 0.05) is 0 Å². The van der Waals surface area contributed by atoms with Gasteiger partial charge in [-0.3, -0.25) is 0 Å². The van der Waals surface area contributed by atoms with Crippen molar-refractivity contribution in [3.63, 3.8) is 0 Å². The SMILES string of the molecule is N/C=C/C=C/OCC(F)F. The Morgan fingerprint density at radius 1 is 1.40 bits per heavy atom. The number of halogens is 2. The Morgan fingerprint density at radius 3 is 2.60 bits per heavy atom. The average molecular weight is 149 g/mol. The van der Waals surface area contributed by atoms with E-state index >= 15 is 0 Å². The molecule has 0 amide bonds. The molecular formula is C6H9F2NO. The van der Waals surface area contributed by atoms with Crippen LogP contribution in [0.4, 0.5) is 8.78 Å². The summed E-state index contributed by atoms with van der Waals surface area (Å²) in [6.45, 7) is -0.574. The molecule has 58 valence electrons. The van der Waals surface area contributed by atoms with Crippen molar-refractivity contribution in [3.8, 4) is 0 Å². The first-order valence-corrected chi connectivity index (χ1v) is 2.70. The second kappa shape index (κ2) is 6.07. The highest BCUT2D eigenvalue weighted by molar-refractivity contribution is 4.97. The summed E-state index contributed by atoms with van der Waals surface area (Å²) in [7, 11) is 0. The quantitative estimate of drug-likeness (QED) is 0.482. The molecule has 0 atom stereocenters. The highest BCUT2D eigenvalue weighted by Crippen LogP contribution is 1.92. The lowest BCUT2D eigenvalue weighted by molar-refractivity contribution is 0.0603. The van der Waals surface area contributed by atoms with Gasteiger partial charge in [0.2, 0.25) is 0 Å². The van der Waals surface area contributed by atoms with Crippen LogP contribution in [0.3, 0.4) is 0 Å². The fourth-order valence-electron chi connectivity index (χ4n) is 0.293. The van der Waals surface area contributed by atoms with Gasteiger partial charge < -0.3 is 10.5 Å². The Morgan fingerprint density at radius 2 is 2.10 bits per heavy atom.